The molecular weight excluding hydrogens is 1210 g/mol. The van der Waals surface area contributed by atoms with Gasteiger partial charge < -0.3 is 4.90 Å². The zero-order valence-corrected chi connectivity index (χ0v) is 54.2. The van der Waals surface area contributed by atoms with Crippen molar-refractivity contribution in [3.8, 4) is 89.0 Å². The van der Waals surface area contributed by atoms with Gasteiger partial charge in [-0.2, -0.15) is 0 Å². The summed E-state index contributed by atoms with van der Waals surface area (Å²) >= 11 is 3.46. The number of hydrogen-bond acceptors (Lipinski definition) is 1. The molecule has 0 N–H and O–H groups in total. The van der Waals surface area contributed by atoms with Crippen molar-refractivity contribution in [3.05, 3.63) is 416 Å². The van der Waals surface area contributed by atoms with Gasteiger partial charge in [-0.1, -0.05) is 356 Å². The Morgan fingerprint density at radius 2 is 0.368 bits per heavy atom. The maximum absolute atomic E-state index is 3.46. The van der Waals surface area contributed by atoms with E-state index < -0.39 is 0 Å². The van der Waals surface area contributed by atoms with Crippen LogP contribution in [0.2, 0.25) is 0 Å². The van der Waals surface area contributed by atoms with Crippen LogP contribution in [0.3, 0.4) is 0 Å². The second kappa shape index (κ2) is 29.3. The first kappa shape index (κ1) is 60.9. The van der Waals surface area contributed by atoms with Crippen molar-refractivity contribution in [3.63, 3.8) is 0 Å². The summed E-state index contributed by atoms with van der Waals surface area (Å²) in [4.78, 5) is 2.33. The summed E-state index contributed by atoms with van der Waals surface area (Å²) in [7, 11) is 0. The number of halogens is 1. The third-order valence-electron chi connectivity index (χ3n) is 17.6. The van der Waals surface area contributed by atoms with Crippen molar-refractivity contribution in [1.29, 1.82) is 0 Å². The Morgan fingerprint density at radius 3 is 0.653 bits per heavy atom. The summed E-state index contributed by atoms with van der Waals surface area (Å²) < 4.78 is 1.11. The molecule has 16 rings (SSSR count). The summed E-state index contributed by atoms with van der Waals surface area (Å²) in [6, 6.07) is 143. The van der Waals surface area contributed by atoms with Crippen LogP contribution in [0.4, 0.5) is 17.1 Å². The highest BCUT2D eigenvalue weighted by Crippen LogP contribution is 2.39. The fourth-order valence-corrected chi connectivity index (χ4v) is 12.6. The molecule has 452 valence electrons. The molecule has 2 heteroatoms. The molecule has 0 unspecified atom stereocenters. The van der Waals surface area contributed by atoms with Gasteiger partial charge in [-0.15, -0.1) is 0 Å². The van der Waals surface area contributed by atoms with E-state index in [1.54, 1.807) is 0 Å². The number of hydrogen-bond donors (Lipinski definition) is 0. The summed E-state index contributed by atoms with van der Waals surface area (Å²) in [5.41, 5.74) is 25.7. The first-order valence-electron chi connectivity index (χ1n) is 32.4. The van der Waals surface area contributed by atoms with E-state index in [9.17, 15) is 0 Å². The van der Waals surface area contributed by atoms with Gasteiger partial charge in [-0.25, -0.2) is 0 Å². The van der Waals surface area contributed by atoms with Crippen molar-refractivity contribution >= 4 is 54.5 Å². The maximum Gasteiger partial charge on any atom is 0.0462 e. The molecule has 0 aliphatic heterocycles. The predicted molar refractivity (Wildman–Crippen MR) is 409 cm³/mol. The Labute approximate surface area is 567 Å². The SMILES string of the molecule is Brc1ccc(-c2ccc3ccccc3c2)cc1.c1ccc(-c2ccc(-c3ccc(N(c4ccc(-c5ccccc5)cc4)c4ccc(-c5ccc6ccccc6c5)cc4)cc3)cc2)cc1.c1ccc(-c2ccc(Cc3ccc(-c4ccc(-c5ccccc5)cc4)cc3)cc2)cc1. The second-order valence-corrected chi connectivity index (χ2v) is 24.7. The van der Waals surface area contributed by atoms with E-state index in [4.69, 9.17) is 0 Å². The van der Waals surface area contributed by atoms with Crippen LogP contribution in [0.15, 0.2) is 405 Å². The molecule has 0 amide bonds. The molecule has 16 aromatic rings. The monoisotopic (exact) mass is 1280 g/mol. The van der Waals surface area contributed by atoms with Gasteiger partial charge in [0.1, 0.15) is 0 Å². The molecule has 16 aromatic carbocycles. The summed E-state index contributed by atoms with van der Waals surface area (Å²) in [6.45, 7) is 0. The molecular formula is C93H68BrN. The lowest BCUT2D eigenvalue weighted by atomic mass is 9.97. The van der Waals surface area contributed by atoms with Crippen LogP contribution >= 0.6 is 15.9 Å². The lowest BCUT2D eigenvalue weighted by molar-refractivity contribution is 1.19. The maximum atomic E-state index is 3.46. The van der Waals surface area contributed by atoms with E-state index in [0.29, 0.717) is 0 Å². The van der Waals surface area contributed by atoms with Crippen molar-refractivity contribution in [1.82, 2.24) is 0 Å². The van der Waals surface area contributed by atoms with Crippen LogP contribution in [0.1, 0.15) is 11.1 Å². The number of nitrogens with zero attached hydrogens (tertiary/aromatic N) is 1. The van der Waals surface area contributed by atoms with E-state index in [1.165, 1.54) is 122 Å². The lowest BCUT2D eigenvalue weighted by Crippen LogP contribution is -2.09. The van der Waals surface area contributed by atoms with Crippen LogP contribution in [0.25, 0.3) is 111 Å². The summed E-state index contributed by atoms with van der Waals surface area (Å²) in [5, 5.41) is 5.08. The third-order valence-corrected chi connectivity index (χ3v) is 18.1. The first-order valence-corrected chi connectivity index (χ1v) is 33.2. The zero-order valence-electron chi connectivity index (χ0n) is 52.6. The first-order chi connectivity index (χ1) is 47.0. The molecule has 0 bridgehead atoms. The van der Waals surface area contributed by atoms with Crippen LogP contribution in [0, 0.1) is 0 Å². The highest BCUT2D eigenvalue weighted by atomic mass is 79.9. The molecule has 1 nitrogen and oxygen atoms in total. The van der Waals surface area contributed by atoms with Crippen molar-refractivity contribution in [2.45, 2.75) is 6.42 Å². The van der Waals surface area contributed by atoms with Crippen LogP contribution in [-0.4, -0.2) is 0 Å². The number of rotatable bonds is 13. The molecule has 0 fully saturated rings. The molecule has 0 aromatic heterocycles. The summed E-state index contributed by atoms with van der Waals surface area (Å²) in [5.74, 6) is 0. The van der Waals surface area contributed by atoms with Gasteiger partial charge in [0, 0.05) is 21.5 Å². The molecule has 0 saturated carbocycles. The largest absolute Gasteiger partial charge is 0.311 e. The minimum absolute atomic E-state index is 0.947. The topological polar surface area (TPSA) is 3.24 Å². The Kier molecular flexibility index (Phi) is 18.8. The molecule has 0 radical (unpaired) electrons. The van der Waals surface area contributed by atoms with Gasteiger partial charge in [-0.05, 0) is 189 Å². The van der Waals surface area contributed by atoms with Gasteiger partial charge in [-0.3, -0.25) is 0 Å². The summed E-state index contributed by atoms with van der Waals surface area (Å²) in [6.07, 6.45) is 0.947. The van der Waals surface area contributed by atoms with Gasteiger partial charge in [0.15, 0.2) is 0 Å². The normalized spacial score (nSPS) is 10.8. The van der Waals surface area contributed by atoms with Crippen molar-refractivity contribution in [2.24, 2.45) is 0 Å². The zero-order chi connectivity index (χ0) is 64.0. The minimum Gasteiger partial charge on any atom is -0.311 e. The van der Waals surface area contributed by atoms with E-state index >= 15 is 0 Å². The Morgan fingerprint density at radius 1 is 0.168 bits per heavy atom. The Balaban J connectivity index is 0.000000138. The van der Waals surface area contributed by atoms with Gasteiger partial charge in [0.05, 0.1) is 0 Å². The van der Waals surface area contributed by atoms with Gasteiger partial charge >= 0.3 is 0 Å². The fourth-order valence-electron chi connectivity index (χ4n) is 12.3. The fraction of sp³-hybridized carbons (Fsp3) is 0.0108. The van der Waals surface area contributed by atoms with E-state index in [1.807, 2.05) is 0 Å². The third kappa shape index (κ3) is 15.0. The number of fused-ring (bicyclic) bond motifs is 2. The van der Waals surface area contributed by atoms with Crippen molar-refractivity contribution < 1.29 is 0 Å². The predicted octanol–water partition coefficient (Wildman–Crippen LogP) is 26.5. The van der Waals surface area contributed by atoms with E-state index in [-0.39, 0.29) is 0 Å². The molecule has 0 spiro atoms. The quantitative estimate of drug-likeness (QED) is 0.111. The highest BCUT2D eigenvalue weighted by molar-refractivity contribution is 9.10. The van der Waals surface area contributed by atoms with Crippen LogP contribution in [0.5, 0.6) is 0 Å². The molecule has 0 atom stereocenters. The molecule has 95 heavy (non-hydrogen) atoms. The van der Waals surface area contributed by atoms with Crippen molar-refractivity contribution in [2.75, 3.05) is 4.90 Å². The molecule has 0 saturated heterocycles. The Bertz CT molecular complexity index is 5100. The standard InChI is InChI=1S/C46H33N.C31H24.C16H11Br/c1-3-9-34(10-4-1)37-15-17-38(18-16-37)40-23-29-45(30-24-40)47(44-27-21-39(22-28-44)35-11-5-2-6-12-35)46-31-25-41(26-32-46)43-20-19-36-13-7-8-14-42(36)33-43;1-3-7-26(8-4-1)28-15-11-24(12-16-28)23-25-13-17-29(18-14-25)31-21-19-30(20-22-31)27-9-5-2-6-10-27;17-16-9-7-13(8-10-16)15-6-5-12-3-1-2-4-14(12)11-15/h1-33H;1-22H,23H2;1-11H. The van der Waals surface area contributed by atoms with Gasteiger partial charge in [0.2, 0.25) is 0 Å². The van der Waals surface area contributed by atoms with Crippen LogP contribution < -0.4 is 4.90 Å². The number of anilines is 3. The van der Waals surface area contributed by atoms with Crippen LogP contribution in [-0.2, 0) is 6.42 Å². The second-order valence-electron chi connectivity index (χ2n) is 23.8. The average molecular weight is 1280 g/mol. The smallest absolute Gasteiger partial charge is 0.0462 e. The Hall–Kier alpha value is -11.7. The number of benzene rings is 16. The molecule has 0 aliphatic carbocycles. The molecule has 0 heterocycles. The lowest BCUT2D eigenvalue weighted by Gasteiger charge is -2.26. The van der Waals surface area contributed by atoms with E-state index in [0.717, 1.165) is 28.0 Å². The highest BCUT2D eigenvalue weighted by Gasteiger charge is 2.15. The van der Waals surface area contributed by atoms with E-state index in [2.05, 4.69) is 421 Å². The minimum atomic E-state index is 0.947. The molecule has 0 aliphatic rings. The van der Waals surface area contributed by atoms with Gasteiger partial charge in [0.25, 0.3) is 0 Å². The average Bonchev–Trinajstić information content (AvgIpc) is 0.929.